The fourth-order valence-corrected chi connectivity index (χ4v) is 5.26. The van der Waals surface area contributed by atoms with Gasteiger partial charge >= 0.3 is 11.9 Å². The number of allylic oxidation sites excluding steroid dienone is 1. The van der Waals surface area contributed by atoms with Crippen LogP contribution in [0.5, 0.6) is 0 Å². The van der Waals surface area contributed by atoms with E-state index in [2.05, 4.69) is 37.7 Å². The molecule has 6 heteroatoms. The van der Waals surface area contributed by atoms with Crippen molar-refractivity contribution in [2.24, 2.45) is 11.3 Å². The third kappa shape index (κ3) is 12.1. The van der Waals surface area contributed by atoms with Gasteiger partial charge in [-0.1, -0.05) is 65.5 Å². The Morgan fingerprint density at radius 1 is 1.06 bits per heavy atom. The number of esters is 2. The van der Waals surface area contributed by atoms with Crippen molar-refractivity contribution in [3.05, 3.63) is 22.8 Å². The van der Waals surface area contributed by atoms with Crippen molar-refractivity contribution in [1.82, 2.24) is 0 Å². The van der Waals surface area contributed by atoms with Crippen molar-refractivity contribution in [2.75, 3.05) is 12.9 Å². The van der Waals surface area contributed by atoms with E-state index in [1.165, 1.54) is 32.8 Å². The summed E-state index contributed by atoms with van der Waals surface area (Å²) in [6, 6.07) is 0. The normalized spacial score (nSPS) is 18.8. The molecule has 0 heterocycles. The number of hydrogen-bond acceptors (Lipinski definition) is 6. The molecule has 1 rings (SSSR count). The van der Waals surface area contributed by atoms with Gasteiger partial charge in [-0.2, -0.15) is 0 Å². The minimum absolute atomic E-state index is 0.124. The monoisotopic (exact) mass is 482 g/mol. The zero-order valence-electron chi connectivity index (χ0n) is 21.5. The van der Waals surface area contributed by atoms with Crippen LogP contribution in [0.4, 0.5) is 0 Å². The molecular weight excluding hydrogens is 436 g/mol. The van der Waals surface area contributed by atoms with Crippen LogP contribution in [0.15, 0.2) is 22.8 Å². The van der Waals surface area contributed by atoms with Gasteiger partial charge in [-0.05, 0) is 43.3 Å². The van der Waals surface area contributed by atoms with E-state index < -0.39 is 6.10 Å². The van der Waals surface area contributed by atoms with Crippen LogP contribution in [-0.4, -0.2) is 36.0 Å². The molecule has 2 atom stereocenters. The summed E-state index contributed by atoms with van der Waals surface area (Å²) < 4.78 is 10.4. The quantitative estimate of drug-likeness (QED) is 0.137. The number of hydrogen-bond donors (Lipinski definition) is 1. The second-order valence-electron chi connectivity index (χ2n) is 9.80. The average Bonchev–Trinajstić information content (AvgIpc) is 3.04. The Balaban J connectivity index is 2.75. The van der Waals surface area contributed by atoms with Crippen molar-refractivity contribution in [3.63, 3.8) is 0 Å². The molecule has 0 spiro atoms. The number of methoxy groups -OCH3 is 1. The van der Waals surface area contributed by atoms with Crippen LogP contribution >= 0.6 is 11.8 Å². The van der Waals surface area contributed by atoms with E-state index >= 15 is 0 Å². The number of aliphatic hydroxyl groups excluding tert-OH is 1. The minimum atomic E-state index is -0.560. The molecule has 0 saturated heterocycles. The van der Waals surface area contributed by atoms with E-state index in [9.17, 15) is 14.7 Å². The zero-order valence-corrected chi connectivity index (χ0v) is 22.3. The van der Waals surface area contributed by atoms with Crippen LogP contribution in [0.25, 0.3) is 0 Å². The molecule has 1 N–H and O–H groups in total. The summed E-state index contributed by atoms with van der Waals surface area (Å²) in [5.74, 6) is 0.985. The van der Waals surface area contributed by atoms with Crippen molar-refractivity contribution in [2.45, 2.75) is 111 Å². The van der Waals surface area contributed by atoms with Gasteiger partial charge in [0.15, 0.2) is 0 Å². The molecule has 33 heavy (non-hydrogen) atoms. The number of carbonyl (C=O) groups is 2. The molecule has 0 saturated carbocycles. The summed E-state index contributed by atoms with van der Waals surface area (Å²) >= 11 is 1.68. The van der Waals surface area contributed by atoms with Gasteiger partial charge in [0.05, 0.1) is 13.2 Å². The van der Waals surface area contributed by atoms with Gasteiger partial charge in [0.2, 0.25) is 0 Å². The smallest absolute Gasteiger partial charge is 0.310 e. The molecule has 1 aliphatic carbocycles. The summed E-state index contributed by atoms with van der Waals surface area (Å²) in [4.78, 5) is 24.4. The maximum Gasteiger partial charge on any atom is 0.310 e. The predicted molar refractivity (Wildman–Crippen MR) is 137 cm³/mol. The van der Waals surface area contributed by atoms with Crippen LogP contribution in [0.1, 0.15) is 105 Å². The lowest BCUT2D eigenvalue weighted by Crippen LogP contribution is -2.14. The highest BCUT2D eigenvalue weighted by atomic mass is 32.2. The third-order valence-corrected chi connectivity index (χ3v) is 7.36. The number of thioether (sulfide) groups is 1. The second kappa shape index (κ2) is 16.4. The van der Waals surface area contributed by atoms with Gasteiger partial charge in [-0.15, -0.1) is 11.8 Å². The molecule has 0 amide bonds. The van der Waals surface area contributed by atoms with Crippen LogP contribution in [0.2, 0.25) is 0 Å². The Morgan fingerprint density at radius 3 is 2.48 bits per heavy atom. The Labute approximate surface area is 205 Å². The summed E-state index contributed by atoms with van der Waals surface area (Å²) in [6.07, 6.45) is 14.3. The first-order valence-electron chi connectivity index (χ1n) is 12.7. The summed E-state index contributed by atoms with van der Waals surface area (Å²) in [6.45, 7) is 8.78. The topological polar surface area (TPSA) is 72.8 Å². The molecule has 5 nitrogen and oxygen atoms in total. The number of carbonyl (C=O) groups excluding carboxylic acids is 2. The summed E-state index contributed by atoms with van der Waals surface area (Å²) in [5.41, 5.74) is 0.238. The standard InChI is InChI=1S/C27H46O5S/c1-6-8-11-17-27(3,4)18-13-15-21-22(28)20-23(32-25(30)14-7-2)26(21)33-19-12-9-10-16-24(29)31-5/h13,15,21-22,28H,6-12,14,16-20H2,1-5H3/b15-13+/t21-,22?/m0/s1. The number of ether oxygens (including phenoxy) is 2. The fourth-order valence-electron chi connectivity index (χ4n) is 3.98. The van der Waals surface area contributed by atoms with E-state index in [0.29, 0.717) is 25.0 Å². The average molecular weight is 483 g/mol. The van der Waals surface area contributed by atoms with E-state index in [4.69, 9.17) is 4.74 Å². The Morgan fingerprint density at radius 2 is 1.82 bits per heavy atom. The summed E-state index contributed by atoms with van der Waals surface area (Å²) in [7, 11) is 1.41. The maximum atomic E-state index is 12.1. The van der Waals surface area contributed by atoms with Crippen molar-refractivity contribution >= 4 is 23.7 Å². The summed E-state index contributed by atoms with van der Waals surface area (Å²) in [5, 5.41) is 10.8. The van der Waals surface area contributed by atoms with Crippen LogP contribution in [0.3, 0.4) is 0 Å². The first-order valence-corrected chi connectivity index (χ1v) is 13.7. The fraction of sp³-hybridized carbons (Fsp3) is 0.778. The maximum absolute atomic E-state index is 12.1. The molecule has 0 aromatic heterocycles. The van der Waals surface area contributed by atoms with Crippen LogP contribution < -0.4 is 0 Å². The highest BCUT2D eigenvalue weighted by molar-refractivity contribution is 8.03. The van der Waals surface area contributed by atoms with E-state index in [-0.39, 0.29) is 23.3 Å². The first kappa shape index (κ1) is 29.8. The molecule has 0 radical (unpaired) electrons. The van der Waals surface area contributed by atoms with Gasteiger partial charge < -0.3 is 14.6 Å². The lowest BCUT2D eigenvalue weighted by Gasteiger charge is -2.23. The van der Waals surface area contributed by atoms with Gasteiger partial charge in [0.25, 0.3) is 0 Å². The molecule has 0 aromatic carbocycles. The number of aliphatic hydroxyl groups is 1. The van der Waals surface area contributed by atoms with Crippen molar-refractivity contribution < 1.29 is 24.2 Å². The lowest BCUT2D eigenvalue weighted by atomic mass is 9.83. The first-order chi connectivity index (χ1) is 15.7. The third-order valence-electron chi connectivity index (χ3n) is 6.06. The van der Waals surface area contributed by atoms with Gasteiger partial charge in [0.1, 0.15) is 5.76 Å². The molecule has 0 fully saturated rings. The van der Waals surface area contributed by atoms with Crippen molar-refractivity contribution in [3.8, 4) is 0 Å². The zero-order chi connectivity index (χ0) is 24.7. The molecule has 1 unspecified atom stereocenters. The lowest BCUT2D eigenvalue weighted by molar-refractivity contribution is -0.141. The van der Waals surface area contributed by atoms with Crippen LogP contribution in [-0.2, 0) is 19.1 Å². The van der Waals surface area contributed by atoms with E-state index in [1.54, 1.807) is 11.8 Å². The molecule has 0 aliphatic heterocycles. The number of rotatable bonds is 17. The predicted octanol–water partition coefficient (Wildman–Crippen LogP) is 6.94. The molecule has 1 aliphatic rings. The Hall–Kier alpha value is -1.27. The Bertz CT molecular complexity index is 653. The minimum Gasteiger partial charge on any atom is -0.469 e. The molecule has 0 aromatic rings. The van der Waals surface area contributed by atoms with E-state index in [0.717, 1.165) is 42.8 Å². The molecule has 0 bridgehead atoms. The Kier molecular flexibility index (Phi) is 14.8. The van der Waals surface area contributed by atoms with Crippen molar-refractivity contribution in [1.29, 1.82) is 0 Å². The van der Waals surface area contributed by atoms with Gasteiger partial charge in [-0.25, -0.2) is 0 Å². The van der Waals surface area contributed by atoms with Gasteiger partial charge in [-0.3, -0.25) is 9.59 Å². The number of unbranched alkanes of at least 4 members (excludes halogenated alkanes) is 4. The highest BCUT2D eigenvalue weighted by Gasteiger charge is 2.34. The molecule has 190 valence electrons. The van der Waals surface area contributed by atoms with E-state index in [1.807, 2.05) is 6.92 Å². The van der Waals surface area contributed by atoms with Gasteiger partial charge in [0, 0.05) is 30.1 Å². The largest absolute Gasteiger partial charge is 0.469 e. The van der Waals surface area contributed by atoms with Crippen LogP contribution in [0, 0.1) is 11.3 Å². The highest BCUT2D eigenvalue weighted by Crippen LogP contribution is 2.42. The molecular formula is C27H46O5S. The second-order valence-corrected chi connectivity index (χ2v) is 10.9. The SMILES string of the molecule is CCCCCC(C)(C)C/C=C/[C@@H]1C(SCCCCCC(=O)OC)=C(OC(=O)CCC)CC1O.